The van der Waals surface area contributed by atoms with Crippen molar-refractivity contribution in [2.24, 2.45) is 0 Å². The largest absolute Gasteiger partial charge is 0.310 e. The molecule has 1 saturated carbocycles. The van der Waals surface area contributed by atoms with Crippen LogP contribution in [0.4, 0.5) is 0 Å². The maximum Gasteiger partial charge on any atom is 0.0208 e. The van der Waals surface area contributed by atoms with Gasteiger partial charge in [-0.25, -0.2) is 0 Å². The summed E-state index contributed by atoms with van der Waals surface area (Å²) in [5, 5.41) is 3.60. The SMILES string of the molecule is CC(C)c1cccc(CNC2CCC2)c1. The maximum atomic E-state index is 3.60. The fourth-order valence-electron chi connectivity index (χ4n) is 1.94. The lowest BCUT2D eigenvalue weighted by atomic mass is 9.93. The summed E-state index contributed by atoms with van der Waals surface area (Å²) in [5.41, 5.74) is 2.87. The third-order valence-corrected chi connectivity index (χ3v) is 3.32. The minimum absolute atomic E-state index is 0.633. The van der Waals surface area contributed by atoms with Crippen LogP contribution in [0.2, 0.25) is 0 Å². The van der Waals surface area contributed by atoms with Crippen molar-refractivity contribution < 1.29 is 0 Å². The Morgan fingerprint density at radius 2 is 2.13 bits per heavy atom. The van der Waals surface area contributed by atoms with Crippen LogP contribution in [-0.2, 0) is 6.54 Å². The first-order chi connectivity index (χ1) is 7.25. The van der Waals surface area contributed by atoms with Gasteiger partial charge in [-0.1, -0.05) is 44.5 Å². The minimum atomic E-state index is 0.633. The maximum absolute atomic E-state index is 3.60. The van der Waals surface area contributed by atoms with Gasteiger partial charge in [-0.2, -0.15) is 0 Å². The van der Waals surface area contributed by atoms with E-state index >= 15 is 0 Å². The molecule has 0 spiro atoms. The molecule has 1 nitrogen and oxygen atoms in total. The van der Waals surface area contributed by atoms with Crippen molar-refractivity contribution in [2.75, 3.05) is 0 Å². The number of nitrogens with one attached hydrogen (secondary N) is 1. The minimum Gasteiger partial charge on any atom is -0.310 e. The van der Waals surface area contributed by atoms with Crippen molar-refractivity contribution >= 4 is 0 Å². The zero-order chi connectivity index (χ0) is 10.7. The van der Waals surface area contributed by atoms with Crippen molar-refractivity contribution in [3.8, 4) is 0 Å². The van der Waals surface area contributed by atoms with E-state index in [0.29, 0.717) is 5.92 Å². The molecule has 0 unspecified atom stereocenters. The summed E-state index contributed by atoms with van der Waals surface area (Å²) >= 11 is 0. The molecule has 0 atom stereocenters. The van der Waals surface area contributed by atoms with E-state index in [1.165, 1.54) is 30.4 Å². The summed E-state index contributed by atoms with van der Waals surface area (Å²) in [7, 11) is 0. The smallest absolute Gasteiger partial charge is 0.0208 e. The molecule has 0 radical (unpaired) electrons. The van der Waals surface area contributed by atoms with Crippen LogP contribution in [0.3, 0.4) is 0 Å². The van der Waals surface area contributed by atoms with Gasteiger partial charge in [0, 0.05) is 12.6 Å². The molecule has 82 valence electrons. The molecule has 0 heterocycles. The van der Waals surface area contributed by atoms with Crippen LogP contribution in [-0.4, -0.2) is 6.04 Å². The van der Waals surface area contributed by atoms with E-state index < -0.39 is 0 Å². The Hall–Kier alpha value is -0.820. The lowest BCUT2D eigenvalue weighted by Crippen LogP contribution is -2.34. The molecule has 15 heavy (non-hydrogen) atoms. The molecule has 0 aromatic heterocycles. The fraction of sp³-hybridized carbons (Fsp3) is 0.571. The first-order valence-electron chi connectivity index (χ1n) is 6.08. The Morgan fingerprint density at radius 1 is 1.33 bits per heavy atom. The van der Waals surface area contributed by atoms with E-state index in [9.17, 15) is 0 Å². The Morgan fingerprint density at radius 3 is 2.73 bits per heavy atom. The van der Waals surface area contributed by atoms with Crippen molar-refractivity contribution in [3.63, 3.8) is 0 Å². The van der Waals surface area contributed by atoms with Crippen LogP contribution in [0.1, 0.15) is 50.2 Å². The quantitative estimate of drug-likeness (QED) is 0.790. The Kier molecular flexibility index (Phi) is 3.42. The van der Waals surface area contributed by atoms with E-state index in [1.807, 2.05) is 0 Å². The highest BCUT2D eigenvalue weighted by Gasteiger charge is 2.15. The molecule has 0 amide bonds. The lowest BCUT2D eigenvalue weighted by molar-refractivity contribution is 0.338. The highest BCUT2D eigenvalue weighted by molar-refractivity contribution is 5.25. The van der Waals surface area contributed by atoms with Gasteiger partial charge in [0.1, 0.15) is 0 Å². The van der Waals surface area contributed by atoms with Crippen LogP contribution in [0, 0.1) is 0 Å². The van der Waals surface area contributed by atoms with E-state index in [2.05, 4.69) is 43.4 Å². The van der Waals surface area contributed by atoms with Crippen molar-refractivity contribution in [3.05, 3.63) is 35.4 Å². The van der Waals surface area contributed by atoms with Gasteiger partial charge in [0.25, 0.3) is 0 Å². The van der Waals surface area contributed by atoms with E-state index in [-0.39, 0.29) is 0 Å². The summed E-state index contributed by atoms with van der Waals surface area (Å²) in [5.74, 6) is 0.633. The van der Waals surface area contributed by atoms with E-state index in [0.717, 1.165) is 12.6 Å². The van der Waals surface area contributed by atoms with Gasteiger partial charge < -0.3 is 5.32 Å². The fourth-order valence-corrected chi connectivity index (χ4v) is 1.94. The molecule has 1 aliphatic carbocycles. The van der Waals surface area contributed by atoms with Crippen molar-refractivity contribution in [1.29, 1.82) is 0 Å². The Bertz CT molecular complexity index is 313. The normalized spacial score (nSPS) is 16.7. The molecular weight excluding hydrogens is 182 g/mol. The monoisotopic (exact) mass is 203 g/mol. The standard InChI is InChI=1S/C14H21N/c1-11(2)13-6-3-5-12(9-13)10-15-14-7-4-8-14/h3,5-6,9,11,14-15H,4,7-8,10H2,1-2H3. The summed E-state index contributed by atoms with van der Waals surface area (Å²) in [4.78, 5) is 0. The first-order valence-corrected chi connectivity index (χ1v) is 6.08. The molecule has 0 aliphatic heterocycles. The summed E-state index contributed by atoms with van der Waals surface area (Å²) in [6.07, 6.45) is 4.14. The topological polar surface area (TPSA) is 12.0 Å². The Balaban J connectivity index is 1.92. The number of rotatable bonds is 4. The zero-order valence-corrected chi connectivity index (χ0v) is 9.79. The van der Waals surface area contributed by atoms with Gasteiger partial charge in [0.15, 0.2) is 0 Å². The average Bonchev–Trinajstić information content (AvgIpc) is 2.16. The zero-order valence-electron chi connectivity index (χ0n) is 9.79. The molecule has 1 aromatic carbocycles. The van der Waals surface area contributed by atoms with Crippen molar-refractivity contribution in [1.82, 2.24) is 5.32 Å². The molecule has 1 N–H and O–H groups in total. The number of benzene rings is 1. The second kappa shape index (κ2) is 4.80. The number of hydrogen-bond acceptors (Lipinski definition) is 1. The molecule has 1 heteroatoms. The third kappa shape index (κ3) is 2.82. The molecule has 0 bridgehead atoms. The second-order valence-corrected chi connectivity index (χ2v) is 4.91. The van der Waals surface area contributed by atoms with Gasteiger partial charge in [-0.15, -0.1) is 0 Å². The van der Waals surface area contributed by atoms with Crippen LogP contribution in [0.5, 0.6) is 0 Å². The third-order valence-electron chi connectivity index (χ3n) is 3.32. The molecule has 0 saturated heterocycles. The van der Waals surface area contributed by atoms with Crippen LogP contribution in [0.15, 0.2) is 24.3 Å². The van der Waals surface area contributed by atoms with Crippen LogP contribution < -0.4 is 5.32 Å². The van der Waals surface area contributed by atoms with Gasteiger partial charge in [-0.05, 0) is 29.9 Å². The summed E-state index contributed by atoms with van der Waals surface area (Å²) in [6.45, 7) is 5.53. The molecular formula is C14H21N. The van der Waals surface area contributed by atoms with E-state index in [4.69, 9.17) is 0 Å². The van der Waals surface area contributed by atoms with Gasteiger partial charge in [-0.3, -0.25) is 0 Å². The molecule has 1 aromatic rings. The molecule has 1 fully saturated rings. The average molecular weight is 203 g/mol. The Labute approximate surface area is 92.9 Å². The van der Waals surface area contributed by atoms with Gasteiger partial charge in [0.2, 0.25) is 0 Å². The predicted molar refractivity (Wildman–Crippen MR) is 65.0 cm³/mol. The second-order valence-electron chi connectivity index (χ2n) is 4.91. The number of hydrogen-bond donors (Lipinski definition) is 1. The predicted octanol–water partition coefficient (Wildman–Crippen LogP) is 3.45. The summed E-state index contributed by atoms with van der Waals surface area (Å²) < 4.78 is 0. The highest BCUT2D eigenvalue weighted by atomic mass is 14.9. The van der Waals surface area contributed by atoms with Crippen LogP contribution in [0.25, 0.3) is 0 Å². The van der Waals surface area contributed by atoms with Crippen LogP contribution >= 0.6 is 0 Å². The molecule has 2 rings (SSSR count). The first kappa shape index (κ1) is 10.7. The van der Waals surface area contributed by atoms with E-state index in [1.54, 1.807) is 0 Å². The lowest BCUT2D eigenvalue weighted by Gasteiger charge is -2.26. The van der Waals surface area contributed by atoms with Crippen molar-refractivity contribution in [2.45, 2.75) is 51.6 Å². The van der Waals surface area contributed by atoms with Gasteiger partial charge >= 0.3 is 0 Å². The highest BCUT2D eigenvalue weighted by Crippen LogP contribution is 2.19. The molecule has 1 aliphatic rings. The summed E-state index contributed by atoms with van der Waals surface area (Å²) in [6, 6.07) is 9.73. The van der Waals surface area contributed by atoms with Gasteiger partial charge in [0.05, 0.1) is 0 Å².